The number of hydrogen-bond donors (Lipinski definition) is 1. The largest absolute Gasteiger partial charge is 0.337 e. The van der Waals surface area contributed by atoms with E-state index in [1.165, 1.54) is 0 Å². The highest BCUT2D eigenvalue weighted by Gasteiger charge is 2.23. The Morgan fingerprint density at radius 3 is 2.50 bits per heavy atom. The highest BCUT2D eigenvalue weighted by atomic mass is 35.5. The third-order valence-electron chi connectivity index (χ3n) is 3.84. The molecule has 1 N–H and O–H groups in total. The van der Waals surface area contributed by atoms with Gasteiger partial charge in [-0.25, -0.2) is 4.98 Å². The maximum Gasteiger partial charge on any atom is 0.274 e. The summed E-state index contributed by atoms with van der Waals surface area (Å²) in [5.41, 5.74) is 2.00. The number of carbonyl (C=O) groups excluding carboxylic acids is 1. The van der Waals surface area contributed by atoms with Crippen LogP contribution in [0.3, 0.4) is 0 Å². The maximum atomic E-state index is 12.5. The van der Waals surface area contributed by atoms with Gasteiger partial charge in [-0.3, -0.25) is 9.78 Å². The molecule has 1 aliphatic heterocycles. The molecule has 1 amide bonds. The molecule has 120 valence electrons. The van der Waals surface area contributed by atoms with Crippen molar-refractivity contribution in [1.82, 2.24) is 20.2 Å². The molecule has 3 rings (SSSR count). The van der Waals surface area contributed by atoms with Crippen molar-refractivity contribution < 1.29 is 4.79 Å². The Balaban J connectivity index is 0.00000121. The molecule has 0 spiro atoms. The van der Waals surface area contributed by atoms with Gasteiger partial charge in [0.15, 0.2) is 0 Å². The number of benzene rings is 1. The third kappa shape index (κ3) is 3.85. The van der Waals surface area contributed by atoms with E-state index < -0.39 is 0 Å². The first-order valence-electron chi connectivity index (χ1n) is 6.95. The smallest absolute Gasteiger partial charge is 0.274 e. The van der Waals surface area contributed by atoms with Crippen LogP contribution >= 0.6 is 24.8 Å². The summed E-state index contributed by atoms with van der Waals surface area (Å²) in [4.78, 5) is 23.0. The number of carbonyl (C=O) groups is 1. The van der Waals surface area contributed by atoms with Gasteiger partial charge >= 0.3 is 0 Å². The van der Waals surface area contributed by atoms with Crippen LogP contribution in [-0.4, -0.2) is 47.0 Å². The molecule has 0 radical (unpaired) electrons. The zero-order chi connectivity index (χ0) is 13.9. The molecule has 1 fully saturated rings. The van der Waals surface area contributed by atoms with Crippen molar-refractivity contribution in [3.05, 3.63) is 36.2 Å². The first-order chi connectivity index (χ1) is 9.75. The normalized spacial score (nSPS) is 14.8. The Labute approximate surface area is 142 Å². The number of amides is 1. The molecule has 5 nitrogen and oxygen atoms in total. The lowest BCUT2D eigenvalue weighted by Crippen LogP contribution is -2.44. The summed E-state index contributed by atoms with van der Waals surface area (Å²) < 4.78 is 0. The quantitative estimate of drug-likeness (QED) is 0.909. The molecule has 0 bridgehead atoms. The van der Waals surface area contributed by atoms with Crippen LogP contribution in [0.15, 0.2) is 30.5 Å². The topological polar surface area (TPSA) is 58.1 Å². The van der Waals surface area contributed by atoms with Crippen molar-refractivity contribution >= 4 is 41.8 Å². The number of piperidine rings is 1. The van der Waals surface area contributed by atoms with Crippen LogP contribution in [0.1, 0.15) is 23.3 Å². The Kier molecular flexibility index (Phi) is 7.00. The van der Waals surface area contributed by atoms with Crippen LogP contribution in [0.25, 0.3) is 11.0 Å². The van der Waals surface area contributed by atoms with E-state index in [9.17, 15) is 4.79 Å². The summed E-state index contributed by atoms with van der Waals surface area (Å²) in [6.07, 6.45) is 3.55. The molecule has 0 saturated carbocycles. The highest BCUT2D eigenvalue weighted by molar-refractivity contribution is 5.93. The Bertz CT molecular complexity index is 632. The highest BCUT2D eigenvalue weighted by Crippen LogP contribution is 2.14. The summed E-state index contributed by atoms with van der Waals surface area (Å²) in [7, 11) is 1.86. The van der Waals surface area contributed by atoms with Gasteiger partial charge in [-0.15, -0.1) is 24.8 Å². The van der Waals surface area contributed by atoms with Crippen molar-refractivity contribution in [1.29, 1.82) is 0 Å². The SMILES string of the molecule is CN(C(=O)c1cnc2ccccc2n1)C1CCNCC1.Cl.Cl. The molecular weight excluding hydrogens is 323 g/mol. The predicted molar refractivity (Wildman–Crippen MR) is 92.0 cm³/mol. The second kappa shape index (κ2) is 8.27. The number of halogens is 2. The lowest BCUT2D eigenvalue weighted by atomic mass is 10.1. The Morgan fingerprint density at radius 2 is 1.82 bits per heavy atom. The fourth-order valence-electron chi connectivity index (χ4n) is 2.60. The number of aromatic nitrogens is 2. The summed E-state index contributed by atoms with van der Waals surface area (Å²) in [5, 5.41) is 3.31. The second-order valence-corrected chi connectivity index (χ2v) is 5.14. The fourth-order valence-corrected chi connectivity index (χ4v) is 2.60. The maximum absolute atomic E-state index is 12.5. The molecule has 1 aromatic carbocycles. The van der Waals surface area contributed by atoms with Crippen molar-refractivity contribution in [2.45, 2.75) is 18.9 Å². The van der Waals surface area contributed by atoms with Crippen LogP contribution in [0, 0.1) is 0 Å². The van der Waals surface area contributed by atoms with Crippen molar-refractivity contribution in [2.75, 3.05) is 20.1 Å². The van der Waals surface area contributed by atoms with Crippen LogP contribution in [0.5, 0.6) is 0 Å². The van der Waals surface area contributed by atoms with E-state index in [-0.39, 0.29) is 36.8 Å². The Morgan fingerprint density at radius 1 is 1.18 bits per heavy atom. The van der Waals surface area contributed by atoms with Gasteiger partial charge in [-0.2, -0.15) is 0 Å². The number of para-hydroxylation sites is 2. The molecule has 0 atom stereocenters. The number of nitrogens with one attached hydrogen (secondary N) is 1. The van der Waals surface area contributed by atoms with E-state index in [1.807, 2.05) is 31.3 Å². The molecule has 1 saturated heterocycles. The third-order valence-corrected chi connectivity index (χ3v) is 3.84. The first-order valence-corrected chi connectivity index (χ1v) is 6.95. The van der Waals surface area contributed by atoms with Gasteiger partial charge in [0.05, 0.1) is 17.2 Å². The minimum absolute atomic E-state index is 0. The van der Waals surface area contributed by atoms with E-state index in [0.717, 1.165) is 37.0 Å². The van der Waals surface area contributed by atoms with Crippen LogP contribution in [0.2, 0.25) is 0 Å². The van der Waals surface area contributed by atoms with Gasteiger partial charge in [0, 0.05) is 13.1 Å². The van der Waals surface area contributed by atoms with E-state index in [0.29, 0.717) is 5.69 Å². The molecular formula is C15H20Cl2N4O. The summed E-state index contributed by atoms with van der Waals surface area (Å²) in [6, 6.07) is 7.88. The van der Waals surface area contributed by atoms with Crippen LogP contribution in [-0.2, 0) is 0 Å². The van der Waals surface area contributed by atoms with Gasteiger partial charge in [0.2, 0.25) is 0 Å². The molecule has 22 heavy (non-hydrogen) atoms. The predicted octanol–water partition coefficient (Wildman–Crippen LogP) is 2.30. The second-order valence-electron chi connectivity index (χ2n) is 5.14. The molecule has 0 aliphatic carbocycles. The number of nitrogens with zero attached hydrogens (tertiary/aromatic N) is 3. The summed E-state index contributed by atoms with van der Waals surface area (Å²) in [5.74, 6) is -0.0462. The van der Waals surface area contributed by atoms with Gasteiger partial charge in [-0.05, 0) is 38.1 Å². The minimum atomic E-state index is -0.0462. The van der Waals surface area contributed by atoms with E-state index in [2.05, 4.69) is 15.3 Å². The Hall–Kier alpha value is -1.43. The van der Waals surface area contributed by atoms with Crippen molar-refractivity contribution in [2.24, 2.45) is 0 Å². The fraction of sp³-hybridized carbons (Fsp3) is 0.400. The van der Waals surface area contributed by atoms with Crippen LogP contribution < -0.4 is 5.32 Å². The van der Waals surface area contributed by atoms with E-state index in [4.69, 9.17) is 0 Å². The van der Waals surface area contributed by atoms with Gasteiger partial charge < -0.3 is 10.2 Å². The number of fused-ring (bicyclic) bond motifs is 1. The summed E-state index contributed by atoms with van der Waals surface area (Å²) in [6.45, 7) is 1.93. The average molecular weight is 343 g/mol. The van der Waals surface area contributed by atoms with E-state index >= 15 is 0 Å². The molecule has 1 aromatic heterocycles. The van der Waals surface area contributed by atoms with Crippen LogP contribution in [0.4, 0.5) is 0 Å². The van der Waals surface area contributed by atoms with Gasteiger partial charge in [0.1, 0.15) is 5.69 Å². The van der Waals surface area contributed by atoms with E-state index in [1.54, 1.807) is 11.1 Å². The number of rotatable bonds is 2. The minimum Gasteiger partial charge on any atom is -0.337 e. The zero-order valence-electron chi connectivity index (χ0n) is 12.4. The molecule has 1 aliphatic rings. The monoisotopic (exact) mass is 342 g/mol. The van der Waals surface area contributed by atoms with Crippen molar-refractivity contribution in [3.63, 3.8) is 0 Å². The molecule has 2 aromatic rings. The molecule has 7 heteroatoms. The lowest BCUT2D eigenvalue weighted by molar-refractivity contribution is 0.0697. The van der Waals surface area contributed by atoms with Gasteiger partial charge in [-0.1, -0.05) is 12.1 Å². The zero-order valence-corrected chi connectivity index (χ0v) is 14.0. The first kappa shape index (κ1) is 18.6. The van der Waals surface area contributed by atoms with Gasteiger partial charge in [0.25, 0.3) is 5.91 Å². The molecule has 0 unspecified atom stereocenters. The number of hydrogen-bond acceptors (Lipinski definition) is 4. The standard InChI is InChI=1S/C15H18N4O.2ClH/c1-19(11-6-8-16-9-7-11)15(20)14-10-17-12-4-2-3-5-13(12)18-14;;/h2-5,10-11,16H,6-9H2,1H3;2*1H. The molecule has 2 heterocycles. The average Bonchev–Trinajstić information content (AvgIpc) is 2.54. The summed E-state index contributed by atoms with van der Waals surface area (Å²) >= 11 is 0. The lowest BCUT2D eigenvalue weighted by Gasteiger charge is -2.31. The van der Waals surface area contributed by atoms with Crippen molar-refractivity contribution in [3.8, 4) is 0 Å².